The zero-order chi connectivity index (χ0) is 11.3. The number of anilines is 1. The number of aromatic nitrogens is 2. The Balaban J connectivity index is 2.74. The number of hydrogen-bond donors (Lipinski definition) is 1. The number of nitriles is 1. The molecule has 0 aliphatic carbocycles. The van der Waals surface area contributed by atoms with Gasteiger partial charge in [0.05, 0.1) is 0 Å². The van der Waals surface area contributed by atoms with Gasteiger partial charge in [0.2, 0.25) is 5.95 Å². The second-order valence-electron chi connectivity index (χ2n) is 3.49. The minimum absolute atomic E-state index is 0.391. The fraction of sp³-hybridized carbons (Fsp3) is 0.364. The first-order chi connectivity index (χ1) is 7.11. The smallest absolute Gasteiger partial charge is 0.224 e. The van der Waals surface area contributed by atoms with Crippen LogP contribution in [-0.2, 0) is 0 Å². The maximum Gasteiger partial charge on any atom is 0.224 e. The van der Waals surface area contributed by atoms with Crippen molar-refractivity contribution in [3.63, 3.8) is 0 Å². The first-order valence-corrected chi connectivity index (χ1v) is 4.75. The van der Waals surface area contributed by atoms with Crippen molar-refractivity contribution in [1.82, 2.24) is 9.97 Å². The summed E-state index contributed by atoms with van der Waals surface area (Å²) in [6.07, 6.45) is 2.04. The molecule has 0 atom stereocenters. The summed E-state index contributed by atoms with van der Waals surface area (Å²) in [6, 6.07) is 3.66. The molecule has 78 valence electrons. The van der Waals surface area contributed by atoms with Crippen molar-refractivity contribution in [2.24, 2.45) is 0 Å². The van der Waals surface area contributed by atoms with Gasteiger partial charge in [0, 0.05) is 12.2 Å². The van der Waals surface area contributed by atoms with Gasteiger partial charge in [0.25, 0.3) is 0 Å². The van der Waals surface area contributed by atoms with E-state index in [4.69, 9.17) is 5.26 Å². The van der Waals surface area contributed by atoms with Crippen molar-refractivity contribution in [3.8, 4) is 6.07 Å². The maximum absolute atomic E-state index is 8.72. The molecule has 0 saturated carbocycles. The molecule has 0 bridgehead atoms. The maximum atomic E-state index is 8.72. The molecule has 0 unspecified atom stereocenters. The van der Waals surface area contributed by atoms with Crippen molar-refractivity contribution in [1.29, 1.82) is 5.26 Å². The number of nitrogens with one attached hydrogen (secondary N) is 1. The van der Waals surface area contributed by atoms with Crippen LogP contribution in [0.15, 0.2) is 17.7 Å². The third-order valence-corrected chi connectivity index (χ3v) is 1.74. The second-order valence-corrected chi connectivity index (χ2v) is 3.49. The van der Waals surface area contributed by atoms with E-state index in [0.29, 0.717) is 18.2 Å². The Bertz CT molecular complexity index is 411. The van der Waals surface area contributed by atoms with Crippen molar-refractivity contribution in [2.75, 3.05) is 11.9 Å². The van der Waals surface area contributed by atoms with Gasteiger partial charge in [-0.1, -0.05) is 11.6 Å². The highest BCUT2D eigenvalue weighted by atomic mass is 15.1. The van der Waals surface area contributed by atoms with Crippen LogP contribution < -0.4 is 5.32 Å². The van der Waals surface area contributed by atoms with E-state index in [1.54, 1.807) is 6.07 Å². The fourth-order valence-electron chi connectivity index (χ4n) is 1.05. The van der Waals surface area contributed by atoms with Gasteiger partial charge < -0.3 is 5.32 Å². The fourth-order valence-corrected chi connectivity index (χ4v) is 1.05. The van der Waals surface area contributed by atoms with Crippen LogP contribution in [0.1, 0.15) is 25.2 Å². The number of allylic oxidation sites excluding steroid dienone is 1. The van der Waals surface area contributed by atoms with Crippen LogP contribution in [0, 0.1) is 18.3 Å². The molecular formula is C11H14N4. The molecule has 0 aliphatic heterocycles. The molecule has 0 aliphatic rings. The molecule has 1 N–H and O–H groups in total. The molecule has 0 amide bonds. The standard InChI is InChI=1S/C11H14N4/c1-8(2)4-5-13-11-14-9(3)6-10(7-12)15-11/h4,6H,5H2,1-3H3,(H,13,14,15). The first-order valence-electron chi connectivity index (χ1n) is 4.75. The lowest BCUT2D eigenvalue weighted by Crippen LogP contribution is -2.05. The summed E-state index contributed by atoms with van der Waals surface area (Å²) < 4.78 is 0. The van der Waals surface area contributed by atoms with E-state index in [1.807, 2.05) is 32.9 Å². The second kappa shape index (κ2) is 5.11. The SMILES string of the molecule is CC(C)=CCNc1nc(C)cc(C#N)n1. The van der Waals surface area contributed by atoms with E-state index in [1.165, 1.54) is 5.57 Å². The van der Waals surface area contributed by atoms with Gasteiger partial charge in [-0.15, -0.1) is 0 Å². The third kappa shape index (κ3) is 3.77. The van der Waals surface area contributed by atoms with Crippen LogP contribution in [0.3, 0.4) is 0 Å². The molecule has 0 spiro atoms. The Hall–Kier alpha value is -1.89. The molecule has 4 nitrogen and oxygen atoms in total. The van der Waals surface area contributed by atoms with Crippen LogP contribution in [0.2, 0.25) is 0 Å². The lowest BCUT2D eigenvalue weighted by molar-refractivity contribution is 1.06. The van der Waals surface area contributed by atoms with Crippen LogP contribution in [0.4, 0.5) is 5.95 Å². The number of aryl methyl sites for hydroxylation is 1. The van der Waals surface area contributed by atoms with Crippen LogP contribution >= 0.6 is 0 Å². The van der Waals surface area contributed by atoms with E-state index < -0.39 is 0 Å². The Kier molecular flexibility index (Phi) is 3.81. The molecule has 0 radical (unpaired) electrons. The average Bonchev–Trinajstić information content (AvgIpc) is 2.16. The monoisotopic (exact) mass is 202 g/mol. The number of rotatable bonds is 3. The summed E-state index contributed by atoms with van der Waals surface area (Å²) in [7, 11) is 0. The Morgan fingerprint density at radius 1 is 1.53 bits per heavy atom. The molecule has 0 fully saturated rings. The van der Waals surface area contributed by atoms with Gasteiger partial charge in [0.1, 0.15) is 11.8 Å². The highest BCUT2D eigenvalue weighted by Gasteiger charge is 1.99. The average molecular weight is 202 g/mol. The topological polar surface area (TPSA) is 61.6 Å². The Labute approximate surface area is 89.7 Å². The molecule has 1 heterocycles. The molecule has 1 aromatic rings. The van der Waals surface area contributed by atoms with E-state index in [-0.39, 0.29) is 0 Å². The zero-order valence-corrected chi connectivity index (χ0v) is 9.20. The van der Waals surface area contributed by atoms with Gasteiger partial charge in [-0.25, -0.2) is 9.97 Å². The minimum atomic E-state index is 0.391. The zero-order valence-electron chi connectivity index (χ0n) is 9.20. The van der Waals surface area contributed by atoms with E-state index in [2.05, 4.69) is 15.3 Å². The van der Waals surface area contributed by atoms with E-state index in [9.17, 15) is 0 Å². The third-order valence-electron chi connectivity index (χ3n) is 1.74. The van der Waals surface area contributed by atoms with Gasteiger partial charge in [0.15, 0.2) is 0 Å². The summed E-state index contributed by atoms with van der Waals surface area (Å²) in [5.41, 5.74) is 2.42. The molecule has 4 heteroatoms. The summed E-state index contributed by atoms with van der Waals surface area (Å²) >= 11 is 0. The largest absolute Gasteiger partial charge is 0.351 e. The van der Waals surface area contributed by atoms with Gasteiger partial charge in [-0.3, -0.25) is 0 Å². The Morgan fingerprint density at radius 2 is 2.27 bits per heavy atom. The molecule has 1 rings (SSSR count). The predicted molar refractivity (Wildman–Crippen MR) is 59.4 cm³/mol. The molecule has 0 aromatic carbocycles. The minimum Gasteiger partial charge on any atom is -0.351 e. The summed E-state index contributed by atoms with van der Waals surface area (Å²) in [5, 5.41) is 11.8. The number of nitrogens with zero attached hydrogens (tertiary/aromatic N) is 3. The van der Waals surface area contributed by atoms with Crippen molar-refractivity contribution >= 4 is 5.95 Å². The van der Waals surface area contributed by atoms with Crippen molar-refractivity contribution in [3.05, 3.63) is 29.1 Å². The summed E-state index contributed by atoms with van der Waals surface area (Å²) in [4.78, 5) is 8.21. The molecule has 1 aromatic heterocycles. The lowest BCUT2D eigenvalue weighted by atomic mass is 10.3. The van der Waals surface area contributed by atoms with E-state index >= 15 is 0 Å². The predicted octanol–water partition coefficient (Wildman–Crippen LogP) is 2.03. The van der Waals surface area contributed by atoms with Crippen LogP contribution in [0.25, 0.3) is 0 Å². The summed E-state index contributed by atoms with van der Waals surface area (Å²) in [5.74, 6) is 0.504. The van der Waals surface area contributed by atoms with Gasteiger partial charge in [-0.05, 0) is 26.8 Å². The normalized spacial score (nSPS) is 9.20. The molecule has 0 saturated heterocycles. The van der Waals surface area contributed by atoms with Gasteiger partial charge in [-0.2, -0.15) is 5.26 Å². The van der Waals surface area contributed by atoms with Gasteiger partial charge >= 0.3 is 0 Å². The highest BCUT2D eigenvalue weighted by molar-refractivity contribution is 5.33. The van der Waals surface area contributed by atoms with Crippen molar-refractivity contribution in [2.45, 2.75) is 20.8 Å². The quantitative estimate of drug-likeness (QED) is 0.762. The lowest BCUT2D eigenvalue weighted by Gasteiger charge is -2.03. The number of hydrogen-bond acceptors (Lipinski definition) is 4. The molecule has 15 heavy (non-hydrogen) atoms. The Morgan fingerprint density at radius 3 is 2.87 bits per heavy atom. The summed E-state index contributed by atoms with van der Waals surface area (Å²) in [6.45, 7) is 6.57. The van der Waals surface area contributed by atoms with Crippen LogP contribution in [0.5, 0.6) is 0 Å². The molecular weight excluding hydrogens is 188 g/mol. The van der Waals surface area contributed by atoms with E-state index in [0.717, 1.165) is 5.69 Å². The van der Waals surface area contributed by atoms with Crippen LogP contribution in [-0.4, -0.2) is 16.5 Å². The highest BCUT2D eigenvalue weighted by Crippen LogP contribution is 2.03. The first kappa shape index (κ1) is 11.2. The van der Waals surface area contributed by atoms with Crippen molar-refractivity contribution < 1.29 is 0 Å².